The molecule has 0 aromatic carbocycles. The standard InChI is InChI=1S/C20H34O9/c1-13(2)11-15(17(21)25-5)19(23)28-9-7-27-8-10-29-20(24)16(12-14(3)4)18(22)26-6/h13-16H,7-12H2,1-6H3. The lowest BCUT2D eigenvalue weighted by atomic mass is 9.97. The van der Waals surface area contributed by atoms with Crippen LogP contribution in [0.2, 0.25) is 0 Å². The minimum absolute atomic E-state index is 0.0451. The van der Waals surface area contributed by atoms with Gasteiger partial charge in [0.05, 0.1) is 27.4 Å². The van der Waals surface area contributed by atoms with E-state index in [2.05, 4.69) is 9.47 Å². The number of esters is 4. The highest BCUT2D eigenvalue weighted by Crippen LogP contribution is 2.16. The molecule has 0 fully saturated rings. The highest BCUT2D eigenvalue weighted by atomic mass is 16.6. The molecule has 0 aliphatic carbocycles. The molecule has 2 unspecified atom stereocenters. The summed E-state index contributed by atoms with van der Waals surface area (Å²) in [7, 11) is 2.44. The number of ether oxygens (including phenoxy) is 5. The summed E-state index contributed by atoms with van der Waals surface area (Å²) in [5.74, 6) is -4.24. The molecule has 0 N–H and O–H groups in total. The number of carbonyl (C=O) groups is 4. The van der Waals surface area contributed by atoms with E-state index in [0.29, 0.717) is 12.8 Å². The molecule has 9 nitrogen and oxygen atoms in total. The van der Waals surface area contributed by atoms with Crippen LogP contribution >= 0.6 is 0 Å². The van der Waals surface area contributed by atoms with Gasteiger partial charge in [-0.15, -0.1) is 0 Å². The third-order valence-electron chi connectivity index (χ3n) is 3.90. The molecule has 0 aromatic rings. The van der Waals surface area contributed by atoms with Gasteiger partial charge in [-0.25, -0.2) is 0 Å². The van der Waals surface area contributed by atoms with Crippen molar-refractivity contribution in [1.29, 1.82) is 0 Å². The second-order valence-electron chi connectivity index (χ2n) is 7.36. The van der Waals surface area contributed by atoms with Gasteiger partial charge in [0.2, 0.25) is 0 Å². The minimum Gasteiger partial charge on any atom is -0.468 e. The average molecular weight is 418 g/mol. The fourth-order valence-corrected chi connectivity index (χ4v) is 2.51. The van der Waals surface area contributed by atoms with Crippen LogP contribution in [-0.2, 0) is 42.9 Å². The van der Waals surface area contributed by atoms with E-state index < -0.39 is 35.7 Å². The smallest absolute Gasteiger partial charge is 0.320 e. The van der Waals surface area contributed by atoms with Gasteiger partial charge in [0, 0.05) is 0 Å². The molecule has 0 amide bonds. The Labute approximate surface area is 172 Å². The average Bonchev–Trinajstić information content (AvgIpc) is 2.67. The summed E-state index contributed by atoms with van der Waals surface area (Å²) < 4.78 is 24.6. The van der Waals surface area contributed by atoms with Crippen LogP contribution in [0.3, 0.4) is 0 Å². The van der Waals surface area contributed by atoms with Crippen molar-refractivity contribution in [2.24, 2.45) is 23.7 Å². The summed E-state index contributed by atoms with van der Waals surface area (Å²) in [6.07, 6.45) is 0.667. The predicted octanol–water partition coefficient (Wildman–Crippen LogP) is 1.76. The maximum atomic E-state index is 12.0. The molecule has 0 aliphatic heterocycles. The molecule has 0 aliphatic rings. The molecule has 0 bridgehead atoms. The van der Waals surface area contributed by atoms with Crippen molar-refractivity contribution < 1.29 is 42.9 Å². The van der Waals surface area contributed by atoms with E-state index in [4.69, 9.17) is 14.2 Å². The van der Waals surface area contributed by atoms with E-state index in [1.54, 1.807) is 0 Å². The Balaban J connectivity index is 4.17. The zero-order valence-corrected chi connectivity index (χ0v) is 18.2. The molecule has 0 heterocycles. The number of hydrogen-bond acceptors (Lipinski definition) is 9. The topological polar surface area (TPSA) is 114 Å². The zero-order chi connectivity index (χ0) is 22.4. The Hall–Kier alpha value is -2.16. The summed E-state index contributed by atoms with van der Waals surface area (Å²) in [6.45, 7) is 7.61. The van der Waals surface area contributed by atoms with Crippen molar-refractivity contribution in [3.05, 3.63) is 0 Å². The summed E-state index contributed by atoms with van der Waals surface area (Å²) in [6, 6.07) is 0. The van der Waals surface area contributed by atoms with E-state index in [-0.39, 0.29) is 38.3 Å². The molecule has 0 saturated heterocycles. The second kappa shape index (κ2) is 14.8. The monoisotopic (exact) mass is 418 g/mol. The van der Waals surface area contributed by atoms with Gasteiger partial charge >= 0.3 is 23.9 Å². The molecule has 2 atom stereocenters. The Morgan fingerprint density at radius 3 is 1.21 bits per heavy atom. The van der Waals surface area contributed by atoms with Crippen molar-refractivity contribution in [2.75, 3.05) is 40.6 Å². The zero-order valence-electron chi connectivity index (χ0n) is 18.2. The molecule has 0 aromatic heterocycles. The fourth-order valence-electron chi connectivity index (χ4n) is 2.51. The first-order valence-electron chi connectivity index (χ1n) is 9.70. The van der Waals surface area contributed by atoms with Crippen molar-refractivity contribution in [2.45, 2.75) is 40.5 Å². The van der Waals surface area contributed by atoms with E-state index in [0.717, 1.165) is 0 Å². The summed E-state index contributed by atoms with van der Waals surface area (Å²) >= 11 is 0. The molecule has 9 heteroatoms. The molecular formula is C20H34O9. The molecule has 0 radical (unpaired) electrons. The van der Waals surface area contributed by atoms with Crippen LogP contribution in [-0.4, -0.2) is 64.5 Å². The Morgan fingerprint density at radius 2 is 0.931 bits per heavy atom. The lowest BCUT2D eigenvalue weighted by molar-refractivity contribution is -0.162. The number of carbonyl (C=O) groups excluding carboxylic acids is 4. The Morgan fingerprint density at radius 1 is 0.586 bits per heavy atom. The van der Waals surface area contributed by atoms with E-state index >= 15 is 0 Å². The number of rotatable bonds is 14. The third kappa shape index (κ3) is 11.4. The Kier molecular flexibility index (Phi) is 13.7. The maximum Gasteiger partial charge on any atom is 0.320 e. The maximum absolute atomic E-state index is 12.0. The van der Waals surface area contributed by atoms with Gasteiger partial charge in [-0.2, -0.15) is 0 Å². The third-order valence-corrected chi connectivity index (χ3v) is 3.90. The first kappa shape index (κ1) is 26.8. The van der Waals surface area contributed by atoms with E-state index in [1.165, 1.54) is 14.2 Å². The highest BCUT2D eigenvalue weighted by molar-refractivity contribution is 5.95. The van der Waals surface area contributed by atoms with Crippen LogP contribution < -0.4 is 0 Å². The van der Waals surface area contributed by atoms with Crippen molar-refractivity contribution in [3.8, 4) is 0 Å². The van der Waals surface area contributed by atoms with Crippen LogP contribution in [0.15, 0.2) is 0 Å². The van der Waals surface area contributed by atoms with Crippen LogP contribution in [0, 0.1) is 23.7 Å². The van der Waals surface area contributed by atoms with Crippen LogP contribution in [0.25, 0.3) is 0 Å². The summed E-state index contributed by atoms with van der Waals surface area (Å²) in [4.78, 5) is 47.4. The first-order valence-corrected chi connectivity index (χ1v) is 9.70. The largest absolute Gasteiger partial charge is 0.468 e. The van der Waals surface area contributed by atoms with Crippen LogP contribution in [0.1, 0.15) is 40.5 Å². The van der Waals surface area contributed by atoms with Gasteiger partial charge in [0.1, 0.15) is 13.2 Å². The Bertz CT molecular complexity index is 482. The predicted molar refractivity (Wildman–Crippen MR) is 103 cm³/mol. The summed E-state index contributed by atoms with van der Waals surface area (Å²) in [5.41, 5.74) is 0. The number of hydrogen-bond donors (Lipinski definition) is 0. The van der Waals surface area contributed by atoms with Gasteiger partial charge in [-0.1, -0.05) is 27.7 Å². The molecule has 168 valence electrons. The molecule has 29 heavy (non-hydrogen) atoms. The van der Waals surface area contributed by atoms with Crippen LogP contribution in [0.4, 0.5) is 0 Å². The lowest BCUT2D eigenvalue weighted by Gasteiger charge is -2.16. The molecule has 0 rings (SSSR count). The second-order valence-corrected chi connectivity index (χ2v) is 7.36. The SMILES string of the molecule is COC(=O)C(CC(C)C)C(=O)OCCOCCOC(=O)C(CC(C)C)C(=O)OC. The highest BCUT2D eigenvalue weighted by Gasteiger charge is 2.30. The van der Waals surface area contributed by atoms with Gasteiger partial charge in [-0.05, 0) is 24.7 Å². The van der Waals surface area contributed by atoms with Crippen molar-refractivity contribution in [1.82, 2.24) is 0 Å². The minimum atomic E-state index is -0.961. The van der Waals surface area contributed by atoms with Crippen molar-refractivity contribution in [3.63, 3.8) is 0 Å². The van der Waals surface area contributed by atoms with Crippen molar-refractivity contribution >= 4 is 23.9 Å². The molecular weight excluding hydrogens is 384 g/mol. The lowest BCUT2D eigenvalue weighted by Crippen LogP contribution is -2.30. The van der Waals surface area contributed by atoms with Gasteiger partial charge in [0.25, 0.3) is 0 Å². The van der Waals surface area contributed by atoms with E-state index in [1.807, 2.05) is 27.7 Å². The first-order chi connectivity index (χ1) is 13.6. The van der Waals surface area contributed by atoms with E-state index in [9.17, 15) is 19.2 Å². The van der Waals surface area contributed by atoms with Gasteiger partial charge in [-0.3, -0.25) is 19.2 Å². The fraction of sp³-hybridized carbons (Fsp3) is 0.800. The molecule has 0 saturated carbocycles. The van der Waals surface area contributed by atoms with Gasteiger partial charge < -0.3 is 23.7 Å². The van der Waals surface area contributed by atoms with Gasteiger partial charge in [0.15, 0.2) is 11.8 Å². The van der Waals surface area contributed by atoms with Crippen LogP contribution in [0.5, 0.6) is 0 Å². The number of methoxy groups -OCH3 is 2. The molecule has 0 spiro atoms. The summed E-state index contributed by atoms with van der Waals surface area (Å²) in [5, 5.41) is 0. The quantitative estimate of drug-likeness (QED) is 0.180. The normalized spacial score (nSPS) is 13.0.